The fourth-order valence-electron chi connectivity index (χ4n) is 1.87. The van der Waals surface area contributed by atoms with Crippen molar-refractivity contribution in [3.8, 4) is 0 Å². The number of guanidine groups is 1. The predicted octanol–water partition coefficient (Wildman–Crippen LogP) is 3.06. The van der Waals surface area contributed by atoms with E-state index in [9.17, 15) is 0 Å². The van der Waals surface area contributed by atoms with E-state index in [0.29, 0.717) is 18.5 Å². The number of pyridine rings is 1. The quantitative estimate of drug-likeness (QED) is 0.484. The molecular formula is C15H21IN4. The summed E-state index contributed by atoms with van der Waals surface area (Å²) in [5.41, 5.74) is 7.94. The van der Waals surface area contributed by atoms with E-state index in [2.05, 4.69) is 41.3 Å². The molecule has 0 fully saturated rings. The Morgan fingerprint density at radius 2 is 2.10 bits per heavy atom. The van der Waals surface area contributed by atoms with Gasteiger partial charge in [0.1, 0.15) is 0 Å². The van der Waals surface area contributed by atoms with Crippen LogP contribution in [0.1, 0.15) is 25.8 Å². The molecule has 3 N–H and O–H groups in total. The highest BCUT2D eigenvalue weighted by Crippen LogP contribution is 2.16. The van der Waals surface area contributed by atoms with Crippen LogP contribution >= 0.6 is 24.0 Å². The number of hydrogen-bond acceptors (Lipinski definition) is 2. The van der Waals surface area contributed by atoms with Gasteiger partial charge in [0.2, 0.25) is 0 Å². The lowest BCUT2D eigenvalue weighted by Gasteiger charge is -2.11. The number of benzene rings is 1. The number of hydrogen-bond donors (Lipinski definition) is 2. The molecule has 0 aliphatic carbocycles. The summed E-state index contributed by atoms with van der Waals surface area (Å²) in [7, 11) is 0. The number of nitrogens with zero attached hydrogens (tertiary/aromatic N) is 2. The van der Waals surface area contributed by atoms with Crippen molar-refractivity contribution in [1.82, 2.24) is 10.3 Å². The largest absolute Gasteiger partial charge is 0.370 e. The second-order valence-electron chi connectivity index (χ2n) is 4.65. The number of rotatable bonds is 4. The van der Waals surface area contributed by atoms with Crippen molar-refractivity contribution in [3.05, 3.63) is 42.1 Å². The van der Waals surface area contributed by atoms with Gasteiger partial charge in [0.15, 0.2) is 5.96 Å². The van der Waals surface area contributed by atoms with Crippen molar-refractivity contribution in [3.63, 3.8) is 0 Å². The van der Waals surface area contributed by atoms with Crippen LogP contribution in [0, 0.1) is 0 Å². The maximum atomic E-state index is 5.86. The van der Waals surface area contributed by atoms with E-state index in [1.165, 1.54) is 0 Å². The number of para-hydroxylation sites is 1. The zero-order valence-corrected chi connectivity index (χ0v) is 14.2. The minimum Gasteiger partial charge on any atom is -0.370 e. The molecular weight excluding hydrogens is 363 g/mol. The molecule has 0 radical (unpaired) electrons. The molecule has 1 atom stereocenters. The topological polar surface area (TPSA) is 63.3 Å². The van der Waals surface area contributed by atoms with Crippen molar-refractivity contribution < 1.29 is 0 Å². The molecule has 1 unspecified atom stereocenters. The lowest BCUT2D eigenvalue weighted by molar-refractivity contribution is 0.636. The summed E-state index contributed by atoms with van der Waals surface area (Å²) >= 11 is 0. The number of nitrogens with two attached hydrogens (primary N) is 1. The van der Waals surface area contributed by atoms with Gasteiger partial charge in [0.25, 0.3) is 0 Å². The molecule has 2 rings (SSSR count). The molecule has 0 bridgehead atoms. The summed E-state index contributed by atoms with van der Waals surface area (Å²) in [4.78, 5) is 8.78. The SMILES string of the molecule is CCC(C)NC(N)=NCc1cccc2cccnc12.I. The van der Waals surface area contributed by atoms with Crippen LogP contribution in [-0.2, 0) is 6.54 Å². The second-order valence-corrected chi connectivity index (χ2v) is 4.65. The van der Waals surface area contributed by atoms with Crippen molar-refractivity contribution in [2.45, 2.75) is 32.9 Å². The summed E-state index contributed by atoms with van der Waals surface area (Å²) < 4.78 is 0. The predicted molar refractivity (Wildman–Crippen MR) is 95.4 cm³/mol. The van der Waals surface area contributed by atoms with Gasteiger partial charge < -0.3 is 11.1 Å². The molecule has 1 heterocycles. The molecule has 0 saturated carbocycles. The summed E-state index contributed by atoms with van der Waals surface area (Å²) in [5.74, 6) is 0.488. The van der Waals surface area contributed by atoms with Crippen molar-refractivity contribution in [2.75, 3.05) is 0 Å². The number of halogens is 1. The molecule has 4 nitrogen and oxygen atoms in total. The molecule has 0 aliphatic heterocycles. The van der Waals surface area contributed by atoms with Crippen LogP contribution in [0.15, 0.2) is 41.5 Å². The van der Waals surface area contributed by atoms with E-state index in [0.717, 1.165) is 22.9 Å². The maximum Gasteiger partial charge on any atom is 0.189 e. The Hall–Kier alpha value is -1.37. The first-order valence-electron chi connectivity index (χ1n) is 6.59. The Morgan fingerprint density at radius 3 is 2.85 bits per heavy atom. The zero-order chi connectivity index (χ0) is 13.7. The van der Waals surface area contributed by atoms with E-state index < -0.39 is 0 Å². The summed E-state index contributed by atoms with van der Waals surface area (Å²) in [5, 5.41) is 4.28. The molecule has 2 aromatic rings. The van der Waals surface area contributed by atoms with Crippen LogP contribution in [0.4, 0.5) is 0 Å². The van der Waals surface area contributed by atoms with Gasteiger partial charge in [-0.2, -0.15) is 0 Å². The Morgan fingerprint density at radius 1 is 1.35 bits per heavy atom. The van der Waals surface area contributed by atoms with E-state index in [1.54, 1.807) is 6.20 Å². The van der Waals surface area contributed by atoms with Gasteiger partial charge in [-0.1, -0.05) is 31.2 Å². The van der Waals surface area contributed by atoms with Crippen LogP contribution < -0.4 is 11.1 Å². The molecule has 108 valence electrons. The number of fused-ring (bicyclic) bond motifs is 1. The lowest BCUT2D eigenvalue weighted by atomic mass is 10.1. The highest BCUT2D eigenvalue weighted by Gasteiger charge is 2.02. The van der Waals surface area contributed by atoms with Gasteiger partial charge in [-0.05, 0) is 25.0 Å². The number of nitrogens with one attached hydrogen (secondary N) is 1. The molecule has 0 aliphatic rings. The highest BCUT2D eigenvalue weighted by atomic mass is 127. The fourth-order valence-corrected chi connectivity index (χ4v) is 1.87. The summed E-state index contributed by atoms with van der Waals surface area (Å²) in [6.45, 7) is 4.74. The first kappa shape index (κ1) is 16.7. The van der Waals surface area contributed by atoms with Crippen molar-refractivity contribution in [2.24, 2.45) is 10.7 Å². The Labute approximate surface area is 136 Å². The first-order chi connectivity index (χ1) is 9.20. The second kappa shape index (κ2) is 8.04. The average molecular weight is 384 g/mol. The lowest BCUT2D eigenvalue weighted by Crippen LogP contribution is -2.38. The van der Waals surface area contributed by atoms with Crippen LogP contribution in [0.5, 0.6) is 0 Å². The summed E-state index contributed by atoms with van der Waals surface area (Å²) in [6, 6.07) is 10.4. The first-order valence-corrected chi connectivity index (χ1v) is 6.59. The van der Waals surface area contributed by atoms with E-state index in [4.69, 9.17) is 5.73 Å². The van der Waals surface area contributed by atoms with Gasteiger partial charge in [-0.25, -0.2) is 4.99 Å². The van der Waals surface area contributed by atoms with Gasteiger partial charge in [-0.3, -0.25) is 4.98 Å². The van der Waals surface area contributed by atoms with Crippen LogP contribution in [-0.4, -0.2) is 17.0 Å². The van der Waals surface area contributed by atoms with Crippen LogP contribution in [0.3, 0.4) is 0 Å². The van der Waals surface area contributed by atoms with E-state index >= 15 is 0 Å². The van der Waals surface area contributed by atoms with Crippen molar-refractivity contribution in [1.29, 1.82) is 0 Å². The van der Waals surface area contributed by atoms with Crippen LogP contribution in [0.25, 0.3) is 10.9 Å². The van der Waals surface area contributed by atoms with Gasteiger partial charge in [-0.15, -0.1) is 24.0 Å². The molecule has 20 heavy (non-hydrogen) atoms. The van der Waals surface area contributed by atoms with E-state index in [-0.39, 0.29) is 24.0 Å². The normalized spacial score (nSPS) is 12.8. The van der Waals surface area contributed by atoms with Gasteiger partial charge in [0.05, 0.1) is 12.1 Å². The Kier molecular flexibility index (Phi) is 6.70. The highest BCUT2D eigenvalue weighted by molar-refractivity contribution is 14.0. The summed E-state index contributed by atoms with van der Waals surface area (Å²) in [6.07, 6.45) is 2.82. The third-order valence-corrected chi connectivity index (χ3v) is 3.14. The number of aliphatic imine (C=N–C) groups is 1. The molecule has 0 spiro atoms. The Balaban J connectivity index is 0.00000200. The van der Waals surface area contributed by atoms with E-state index in [1.807, 2.05) is 18.2 Å². The minimum atomic E-state index is 0. The van der Waals surface area contributed by atoms with Gasteiger partial charge >= 0.3 is 0 Å². The minimum absolute atomic E-state index is 0. The molecule has 0 amide bonds. The fraction of sp³-hybridized carbons (Fsp3) is 0.333. The van der Waals surface area contributed by atoms with Crippen molar-refractivity contribution >= 4 is 40.8 Å². The Bertz CT molecular complexity index is 578. The van der Waals surface area contributed by atoms with Gasteiger partial charge in [0, 0.05) is 17.6 Å². The standard InChI is InChI=1S/C15H20N4.HI/c1-3-11(2)19-15(16)18-10-13-7-4-6-12-8-5-9-17-14(12)13;/h4-9,11H,3,10H2,1-2H3,(H3,16,18,19);1H. The average Bonchev–Trinajstić information content (AvgIpc) is 2.44. The molecule has 5 heteroatoms. The van der Waals surface area contributed by atoms with Crippen LogP contribution in [0.2, 0.25) is 0 Å². The number of aromatic nitrogens is 1. The molecule has 0 saturated heterocycles. The maximum absolute atomic E-state index is 5.86. The molecule has 1 aromatic heterocycles. The zero-order valence-electron chi connectivity index (χ0n) is 11.8. The third kappa shape index (κ3) is 4.33. The third-order valence-electron chi connectivity index (χ3n) is 3.14. The molecule has 1 aromatic carbocycles. The smallest absolute Gasteiger partial charge is 0.189 e. The monoisotopic (exact) mass is 384 g/mol.